The van der Waals surface area contributed by atoms with Crippen molar-refractivity contribution in [1.29, 1.82) is 0 Å². The molecule has 0 spiro atoms. The first-order chi connectivity index (χ1) is 15.3. The molecule has 10 atom stereocenters. The lowest BCUT2D eigenvalue weighted by Gasteiger charge is -2.45. The molecule has 2 saturated heterocycles. The standard InChI is InChI=1S/C19H25NO11S/c21-5-10-12(23)13(24)15(26)19(29-10)31-17-11(6-22)30-18(16(27)14(17)25)28-9-3-1-2-8(4-9)20-7-32/h1-4,10-19,21-27H,5-6H2. The quantitative estimate of drug-likeness (QED) is 0.161. The van der Waals surface area contributed by atoms with Crippen LogP contribution >= 0.6 is 12.2 Å². The minimum absolute atomic E-state index is 0.234. The van der Waals surface area contributed by atoms with Gasteiger partial charge in [-0.25, -0.2) is 0 Å². The second-order valence-electron chi connectivity index (χ2n) is 7.32. The van der Waals surface area contributed by atoms with Crippen molar-refractivity contribution in [3.05, 3.63) is 24.3 Å². The summed E-state index contributed by atoms with van der Waals surface area (Å²) in [6.45, 7) is -1.34. The van der Waals surface area contributed by atoms with Crippen LogP contribution in [0.5, 0.6) is 5.75 Å². The van der Waals surface area contributed by atoms with Gasteiger partial charge in [0.15, 0.2) is 6.29 Å². The van der Waals surface area contributed by atoms with Crippen molar-refractivity contribution < 1.29 is 54.7 Å². The Morgan fingerprint density at radius 2 is 1.53 bits per heavy atom. The zero-order valence-electron chi connectivity index (χ0n) is 16.6. The van der Waals surface area contributed by atoms with Gasteiger partial charge in [-0.15, -0.1) is 0 Å². The van der Waals surface area contributed by atoms with Gasteiger partial charge in [0.25, 0.3) is 0 Å². The van der Waals surface area contributed by atoms with Gasteiger partial charge >= 0.3 is 0 Å². The number of isothiocyanates is 1. The van der Waals surface area contributed by atoms with Crippen molar-refractivity contribution >= 4 is 23.1 Å². The normalized spacial score (nSPS) is 39.8. The van der Waals surface area contributed by atoms with Gasteiger partial charge in [-0.1, -0.05) is 6.07 Å². The lowest BCUT2D eigenvalue weighted by atomic mass is 9.97. The molecule has 2 fully saturated rings. The van der Waals surface area contributed by atoms with E-state index in [-0.39, 0.29) is 5.75 Å². The van der Waals surface area contributed by atoms with Crippen LogP contribution in [-0.4, -0.2) is 116 Å². The molecule has 10 unspecified atom stereocenters. The van der Waals surface area contributed by atoms with Crippen LogP contribution in [0.25, 0.3) is 0 Å². The van der Waals surface area contributed by atoms with E-state index in [1.165, 1.54) is 6.07 Å². The maximum absolute atomic E-state index is 10.6. The highest BCUT2D eigenvalue weighted by Gasteiger charge is 2.51. The van der Waals surface area contributed by atoms with Gasteiger partial charge < -0.3 is 54.7 Å². The Morgan fingerprint density at radius 1 is 0.875 bits per heavy atom. The van der Waals surface area contributed by atoms with Crippen molar-refractivity contribution in [2.75, 3.05) is 13.2 Å². The molecule has 0 bridgehead atoms. The summed E-state index contributed by atoms with van der Waals surface area (Å²) in [5.41, 5.74) is 0.436. The molecule has 32 heavy (non-hydrogen) atoms. The first kappa shape index (κ1) is 25.1. The van der Waals surface area contributed by atoms with Crippen molar-refractivity contribution in [2.24, 2.45) is 4.99 Å². The number of aliphatic imine (C=N–C) groups is 1. The first-order valence-corrected chi connectivity index (χ1v) is 10.1. The van der Waals surface area contributed by atoms with Crippen molar-refractivity contribution in [1.82, 2.24) is 0 Å². The molecule has 13 heteroatoms. The van der Waals surface area contributed by atoms with Crippen LogP contribution in [0.3, 0.4) is 0 Å². The maximum atomic E-state index is 10.6. The summed E-state index contributed by atoms with van der Waals surface area (Å²) in [4.78, 5) is 3.81. The number of nitrogens with zero attached hydrogens (tertiary/aromatic N) is 1. The van der Waals surface area contributed by atoms with Gasteiger partial charge in [-0.2, -0.15) is 4.99 Å². The topological polar surface area (TPSA) is 191 Å². The summed E-state index contributed by atoms with van der Waals surface area (Å²) in [6, 6.07) is 6.29. The van der Waals surface area contributed by atoms with Gasteiger partial charge in [-0.3, -0.25) is 0 Å². The Bertz CT molecular complexity index is 805. The molecule has 0 aliphatic carbocycles. The fourth-order valence-electron chi connectivity index (χ4n) is 3.47. The summed E-state index contributed by atoms with van der Waals surface area (Å²) in [5, 5.41) is 72.2. The number of rotatable bonds is 7. The molecular formula is C19H25NO11S. The van der Waals surface area contributed by atoms with E-state index in [4.69, 9.17) is 18.9 Å². The molecule has 0 amide bonds. The zero-order chi connectivity index (χ0) is 23.4. The monoisotopic (exact) mass is 475 g/mol. The van der Waals surface area contributed by atoms with Gasteiger partial charge in [0.05, 0.1) is 24.1 Å². The average Bonchev–Trinajstić information content (AvgIpc) is 2.79. The van der Waals surface area contributed by atoms with Crippen LogP contribution in [0, 0.1) is 0 Å². The van der Waals surface area contributed by atoms with E-state index in [2.05, 4.69) is 22.4 Å². The largest absolute Gasteiger partial charge is 0.462 e. The average molecular weight is 475 g/mol. The summed E-state index contributed by atoms with van der Waals surface area (Å²) >= 11 is 4.55. The molecule has 3 rings (SSSR count). The van der Waals surface area contributed by atoms with E-state index in [9.17, 15) is 35.7 Å². The molecule has 0 aromatic heterocycles. The van der Waals surface area contributed by atoms with E-state index >= 15 is 0 Å². The zero-order valence-corrected chi connectivity index (χ0v) is 17.4. The van der Waals surface area contributed by atoms with Crippen molar-refractivity contribution in [3.8, 4) is 5.75 Å². The van der Waals surface area contributed by atoms with Crippen LogP contribution in [0.4, 0.5) is 5.69 Å². The molecule has 178 valence electrons. The minimum atomic E-state index is -1.74. The van der Waals surface area contributed by atoms with Crippen LogP contribution in [-0.2, 0) is 14.2 Å². The van der Waals surface area contributed by atoms with Crippen LogP contribution in [0.15, 0.2) is 29.3 Å². The third-order valence-corrected chi connectivity index (χ3v) is 5.30. The summed E-state index contributed by atoms with van der Waals surface area (Å²) in [6.07, 6.45) is -15.2. The second-order valence-corrected chi connectivity index (χ2v) is 7.51. The summed E-state index contributed by atoms with van der Waals surface area (Å²) in [5.74, 6) is 0.234. The fourth-order valence-corrected chi connectivity index (χ4v) is 3.57. The minimum Gasteiger partial charge on any atom is -0.462 e. The van der Waals surface area contributed by atoms with Gasteiger partial charge in [0, 0.05) is 6.07 Å². The Morgan fingerprint density at radius 3 is 2.19 bits per heavy atom. The molecule has 0 saturated carbocycles. The SMILES string of the molecule is OCC1OC(OC2C(CO)OC(Oc3cccc(N=C=S)c3)C(O)C2O)C(O)C(O)C1O. The summed E-state index contributed by atoms with van der Waals surface area (Å²) in [7, 11) is 0. The molecule has 1 aromatic rings. The first-order valence-electron chi connectivity index (χ1n) is 9.73. The lowest BCUT2D eigenvalue weighted by Crippen LogP contribution is -2.65. The van der Waals surface area contributed by atoms with Crippen molar-refractivity contribution in [2.45, 2.75) is 61.4 Å². The number of ether oxygens (including phenoxy) is 4. The number of aliphatic hydroxyl groups excluding tert-OH is 7. The molecule has 7 N–H and O–H groups in total. The predicted octanol–water partition coefficient (Wildman–Crippen LogP) is -2.58. The maximum Gasteiger partial charge on any atom is 0.229 e. The second kappa shape index (κ2) is 11.0. The summed E-state index contributed by atoms with van der Waals surface area (Å²) < 4.78 is 21.9. The van der Waals surface area contributed by atoms with E-state index < -0.39 is 74.6 Å². The highest BCUT2D eigenvalue weighted by molar-refractivity contribution is 7.78. The number of hydrogen-bond acceptors (Lipinski definition) is 13. The van der Waals surface area contributed by atoms with Gasteiger partial charge in [0.2, 0.25) is 6.29 Å². The van der Waals surface area contributed by atoms with Gasteiger partial charge in [-0.05, 0) is 24.4 Å². The molecule has 12 nitrogen and oxygen atoms in total. The van der Waals surface area contributed by atoms with Crippen molar-refractivity contribution in [3.63, 3.8) is 0 Å². The number of hydrogen-bond donors (Lipinski definition) is 7. The molecule has 2 heterocycles. The number of benzene rings is 1. The smallest absolute Gasteiger partial charge is 0.229 e. The van der Waals surface area contributed by atoms with Gasteiger partial charge in [0.1, 0.15) is 54.6 Å². The van der Waals surface area contributed by atoms with Crippen LogP contribution in [0.1, 0.15) is 0 Å². The Hall–Kier alpha value is -1.58. The van der Waals surface area contributed by atoms with E-state index in [0.717, 1.165) is 0 Å². The Labute approximate surface area is 187 Å². The molecular weight excluding hydrogens is 450 g/mol. The lowest BCUT2D eigenvalue weighted by molar-refractivity contribution is -0.352. The third kappa shape index (κ3) is 5.31. The highest BCUT2D eigenvalue weighted by atomic mass is 32.1. The number of thiocarbonyl (C=S) groups is 1. The molecule has 1 aromatic carbocycles. The Kier molecular flexibility index (Phi) is 8.63. The molecule has 2 aliphatic heterocycles. The van der Waals surface area contributed by atoms with Crippen LogP contribution < -0.4 is 4.74 Å². The predicted molar refractivity (Wildman–Crippen MR) is 108 cm³/mol. The fraction of sp³-hybridized carbons (Fsp3) is 0.632. The van der Waals surface area contributed by atoms with E-state index in [0.29, 0.717) is 5.69 Å². The van der Waals surface area contributed by atoms with Crippen LogP contribution in [0.2, 0.25) is 0 Å². The molecule has 0 radical (unpaired) electrons. The third-order valence-electron chi connectivity index (χ3n) is 5.20. The Balaban J connectivity index is 1.72. The number of aliphatic hydroxyl groups is 7. The van der Waals surface area contributed by atoms with E-state index in [1.54, 1.807) is 18.2 Å². The molecule has 2 aliphatic rings. The van der Waals surface area contributed by atoms with E-state index in [1.807, 2.05) is 0 Å². The highest BCUT2D eigenvalue weighted by Crippen LogP contribution is 2.31.